The molecule has 1 unspecified atom stereocenters. The standard InChI is InChI=1S/C14H18ClFN2O/c15-12-8-10(3-4-13(12)16)7-11(9-17)14(19)18-5-1-2-6-18/h3-4,8,11H,1-2,5-7,9,17H2. The third-order valence-electron chi connectivity index (χ3n) is 3.52. The van der Waals surface area contributed by atoms with Crippen LogP contribution >= 0.6 is 11.6 Å². The van der Waals surface area contributed by atoms with Crippen molar-refractivity contribution in [3.63, 3.8) is 0 Å². The van der Waals surface area contributed by atoms with Crippen LogP contribution in [0.4, 0.5) is 4.39 Å². The van der Waals surface area contributed by atoms with Crippen LogP contribution in [-0.4, -0.2) is 30.4 Å². The number of carbonyl (C=O) groups excluding carboxylic acids is 1. The average molecular weight is 285 g/mol. The first-order chi connectivity index (χ1) is 9.11. The molecule has 3 nitrogen and oxygen atoms in total. The molecular weight excluding hydrogens is 267 g/mol. The number of hydrogen-bond donors (Lipinski definition) is 1. The minimum absolute atomic E-state index is 0.0851. The molecule has 1 aromatic carbocycles. The second-order valence-corrected chi connectivity index (χ2v) is 5.32. The number of amides is 1. The average Bonchev–Trinajstić information content (AvgIpc) is 2.93. The maximum atomic E-state index is 13.1. The molecule has 2 rings (SSSR count). The zero-order valence-corrected chi connectivity index (χ0v) is 11.5. The Kier molecular flexibility index (Phi) is 4.77. The summed E-state index contributed by atoms with van der Waals surface area (Å²) >= 11 is 5.75. The Bertz CT molecular complexity index is 461. The van der Waals surface area contributed by atoms with E-state index < -0.39 is 5.82 Å². The second kappa shape index (κ2) is 6.35. The van der Waals surface area contributed by atoms with Gasteiger partial charge in [-0.25, -0.2) is 4.39 Å². The molecule has 0 saturated carbocycles. The molecule has 0 aromatic heterocycles. The maximum Gasteiger partial charge on any atom is 0.227 e. The highest BCUT2D eigenvalue weighted by molar-refractivity contribution is 6.30. The molecule has 2 N–H and O–H groups in total. The number of hydrogen-bond acceptors (Lipinski definition) is 2. The molecule has 1 aliphatic rings. The minimum Gasteiger partial charge on any atom is -0.342 e. The van der Waals surface area contributed by atoms with Gasteiger partial charge in [-0.3, -0.25) is 4.79 Å². The van der Waals surface area contributed by atoms with Crippen LogP contribution in [0.5, 0.6) is 0 Å². The van der Waals surface area contributed by atoms with Crippen LogP contribution in [0.3, 0.4) is 0 Å². The summed E-state index contributed by atoms with van der Waals surface area (Å²) in [7, 11) is 0. The van der Waals surface area contributed by atoms with Crippen molar-refractivity contribution in [2.75, 3.05) is 19.6 Å². The number of carbonyl (C=O) groups is 1. The lowest BCUT2D eigenvalue weighted by Crippen LogP contribution is -2.38. The number of rotatable bonds is 4. The molecule has 104 valence electrons. The molecule has 1 heterocycles. The van der Waals surface area contributed by atoms with Gasteiger partial charge in [0.1, 0.15) is 5.82 Å². The van der Waals surface area contributed by atoms with Crippen molar-refractivity contribution in [2.45, 2.75) is 19.3 Å². The van der Waals surface area contributed by atoms with Gasteiger partial charge < -0.3 is 10.6 Å². The van der Waals surface area contributed by atoms with E-state index >= 15 is 0 Å². The predicted octanol–water partition coefficient (Wildman–Crippen LogP) is 2.22. The number of likely N-dealkylation sites (tertiary alicyclic amines) is 1. The molecule has 1 atom stereocenters. The van der Waals surface area contributed by atoms with Gasteiger partial charge >= 0.3 is 0 Å². The quantitative estimate of drug-likeness (QED) is 0.921. The Labute approximate surface area is 117 Å². The lowest BCUT2D eigenvalue weighted by molar-refractivity contribution is -0.134. The van der Waals surface area contributed by atoms with Gasteiger partial charge in [-0.1, -0.05) is 17.7 Å². The number of benzene rings is 1. The van der Waals surface area contributed by atoms with Crippen molar-refractivity contribution in [3.05, 3.63) is 34.6 Å². The fraction of sp³-hybridized carbons (Fsp3) is 0.500. The zero-order chi connectivity index (χ0) is 13.8. The first-order valence-electron chi connectivity index (χ1n) is 6.54. The molecule has 1 aliphatic heterocycles. The van der Waals surface area contributed by atoms with Gasteiger partial charge in [0.05, 0.1) is 10.9 Å². The fourth-order valence-corrected chi connectivity index (χ4v) is 2.62. The Morgan fingerprint density at radius 2 is 2.11 bits per heavy atom. The smallest absolute Gasteiger partial charge is 0.227 e. The highest BCUT2D eigenvalue weighted by Crippen LogP contribution is 2.20. The van der Waals surface area contributed by atoms with Gasteiger partial charge in [0.25, 0.3) is 0 Å². The SMILES string of the molecule is NCC(Cc1ccc(F)c(Cl)c1)C(=O)N1CCCC1. The van der Waals surface area contributed by atoms with Crippen molar-refractivity contribution in [1.29, 1.82) is 0 Å². The summed E-state index contributed by atoms with van der Waals surface area (Å²) < 4.78 is 13.1. The monoisotopic (exact) mass is 284 g/mol. The summed E-state index contributed by atoms with van der Waals surface area (Å²) in [4.78, 5) is 14.1. The molecular formula is C14H18ClFN2O. The molecule has 0 bridgehead atoms. The van der Waals surface area contributed by atoms with Crippen molar-refractivity contribution in [1.82, 2.24) is 4.90 Å². The molecule has 0 spiro atoms. The second-order valence-electron chi connectivity index (χ2n) is 4.92. The van der Waals surface area contributed by atoms with Crippen LogP contribution in [-0.2, 0) is 11.2 Å². The van der Waals surface area contributed by atoms with E-state index in [-0.39, 0.29) is 16.8 Å². The molecule has 1 aromatic rings. The molecule has 19 heavy (non-hydrogen) atoms. The summed E-state index contributed by atoms with van der Waals surface area (Å²) in [6.07, 6.45) is 2.63. The zero-order valence-electron chi connectivity index (χ0n) is 10.7. The number of nitrogens with zero attached hydrogens (tertiary/aromatic N) is 1. The van der Waals surface area contributed by atoms with Crippen molar-refractivity contribution < 1.29 is 9.18 Å². The summed E-state index contributed by atoms with van der Waals surface area (Å²) in [5, 5.41) is 0.0851. The first kappa shape index (κ1) is 14.3. The molecule has 1 saturated heterocycles. The van der Waals surface area contributed by atoms with Crippen LogP contribution < -0.4 is 5.73 Å². The number of halogens is 2. The van der Waals surface area contributed by atoms with E-state index in [4.69, 9.17) is 17.3 Å². The van der Waals surface area contributed by atoms with Gasteiger partial charge in [0.15, 0.2) is 0 Å². The third kappa shape index (κ3) is 3.45. The molecule has 1 amide bonds. The van der Waals surface area contributed by atoms with Gasteiger partial charge in [0.2, 0.25) is 5.91 Å². The fourth-order valence-electron chi connectivity index (χ4n) is 2.42. The van der Waals surface area contributed by atoms with Crippen LogP contribution in [0.2, 0.25) is 5.02 Å². The molecule has 0 radical (unpaired) electrons. The summed E-state index contributed by atoms with van der Waals surface area (Å²) in [5.41, 5.74) is 6.54. The van der Waals surface area contributed by atoms with Gasteiger partial charge in [-0.2, -0.15) is 0 Å². The lowest BCUT2D eigenvalue weighted by Gasteiger charge is -2.22. The van der Waals surface area contributed by atoms with Crippen molar-refractivity contribution in [2.24, 2.45) is 11.7 Å². The van der Waals surface area contributed by atoms with Crippen LogP contribution in [0, 0.1) is 11.7 Å². The van der Waals surface area contributed by atoms with E-state index in [0.29, 0.717) is 13.0 Å². The Balaban J connectivity index is 2.05. The van der Waals surface area contributed by atoms with Crippen LogP contribution in [0.25, 0.3) is 0 Å². The molecule has 0 aliphatic carbocycles. The minimum atomic E-state index is -0.444. The van der Waals surface area contributed by atoms with E-state index in [1.165, 1.54) is 6.07 Å². The van der Waals surface area contributed by atoms with Crippen molar-refractivity contribution in [3.8, 4) is 0 Å². The first-order valence-corrected chi connectivity index (χ1v) is 6.92. The van der Waals surface area contributed by atoms with E-state index in [1.807, 2.05) is 4.90 Å². The normalized spacial score (nSPS) is 16.7. The van der Waals surface area contributed by atoms with Crippen molar-refractivity contribution >= 4 is 17.5 Å². The van der Waals surface area contributed by atoms with Gasteiger partial charge in [0, 0.05) is 19.6 Å². The molecule has 1 fully saturated rings. The highest BCUT2D eigenvalue weighted by Gasteiger charge is 2.25. The topological polar surface area (TPSA) is 46.3 Å². The Morgan fingerprint density at radius 1 is 1.42 bits per heavy atom. The number of nitrogens with two attached hydrogens (primary N) is 1. The van der Waals surface area contributed by atoms with Gasteiger partial charge in [-0.15, -0.1) is 0 Å². The summed E-state index contributed by atoms with van der Waals surface area (Å²) in [6, 6.07) is 4.55. The van der Waals surface area contributed by atoms with Crippen LogP contribution in [0.1, 0.15) is 18.4 Å². The van der Waals surface area contributed by atoms with E-state index in [2.05, 4.69) is 0 Å². The Morgan fingerprint density at radius 3 is 2.68 bits per heavy atom. The van der Waals surface area contributed by atoms with E-state index in [9.17, 15) is 9.18 Å². The summed E-state index contributed by atoms with van der Waals surface area (Å²) in [5.74, 6) is -0.597. The maximum absolute atomic E-state index is 13.1. The third-order valence-corrected chi connectivity index (χ3v) is 3.81. The largest absolute Gasteiger partial charge is 0.342 e. The highest BCUT2D eigenvalue weighted by atomic mass is 35.5. The van der Waals surface area contributed by atoms with Crippen LogP contribution in [0.15, 0.2) is 18.2 Å². The van der Waals surface area contributed by atoms with Gasteiger partial charge in [-0.05, 0) is 37.0 Å². The Hall–Kier alpha value is -1.13. The summed E-state index contributed by atoms with van der Waals surface area (Å²) in [6.45, 7) is 1.93. The predicted molar refractivity (Wildman–Crippen MR) is 73.5 cm³/mol. The van der Waals surface area contributed by atoms with E-state index in [1.54, 1.807) is 12.1 Å². The lowest BCUT2D eigenvalue weighted by atomic mass is 9.98. The van der Waals surface area contributed by atoms with E-state index in [0.717, 1.165) is 31.5 Å². The molecule has 5 heteroatoms.